The van der Waals surface area contributed by atoms with Gasteiger partial charge in [-0.25, -0.2) is 0 Å². The lowest BCUT2D eigenvalue weighted by Crippen LogP contribution is -2.46. The molecule has 0 fully saturated rings. The molecule has 0 unspecified atom stereocenters. The summed E-state index contributed by atoms with van der Waals surface area (Å²) in [4.78, 5) is 11.6. The molecule has 4 nitrogen and oxygen atoms in total. The van der Waals surface area contributed by atoms with E-state index in [2.05, 4.69) is 11.4 Å². The highest BCUT2D eigenvalue weighted by atomic mass is 16.5. The number of rotatable bonds is 5. The van der Waals surface area contributed by atoms with Gasteiger partial charge in [0.25, 0.3) is 5.91 Å². The van der Waals surface area contributed by atoms with Crippen LogP contribution in [0.4, 0.5) is 0 Å². The molecular formula is C13H16N2O2. The number of hydrogen-bond donors (Lipinski definition) is 1. The highest BCUT2D eigenvalue weighted by molar-refractivity contribution is 5.78. The molecule has 17 heavy (non-hydrogen) atoms. The second-order valence-corrected chi connectivity index (χ2v) is 3.95. The van der Waals surface area contributed by atoms with Crippen LogP contribution >= 0.6 is 0 Å². The molecule has 0 bridgehead atoms. The molecular weight excluding hydrogens is 216 g/mol. The fourth-order valence-electron chi connectivity index (χ4n) is 1.20. The molecule has 0 aliphatic rings. The predicted octanol–water partition coefficient (Wildman–Crippen LogP) is 1.87. The Bertz CT molecular complexity index is 411. The first kappa shape index (κ1) is 13.0. The minimum absolute atomic E-state index is 0.0821. The molecule has 0 saturated carbocycles. The zero-order chi connectivity index (χ0) is 12.7. The number of carbonyl (C=O) groups excluding carboxylic acids is 1. The van der Waals surface area contributed by atoms with Gasteiger partial charge in [0.2, 0.25) is 0 Å². The second-order valence-electron chi connectivity index (χ2n) is 3.95. The molecule has 0 heterocycles. The summed E-state index contributed by atoms with van der Waals surface area (Å²) in [7, 11) is 0. The van der Waals surface area contributed by atoms with Crippen molar-refractivity contribution in [2.45, 2.75) is 25.8 Å². The first-order chi connectivity index (χ1) is 8.09. The molecule has 90 valence electrons. The Kier molecular flexibility index (Phi) is 4.53. The van der Waals surface area contributed by atoms with Gasteiger partial charge in [-0.05, 0) is 25.5 Å². The Morgan fingerprint density at radius 3 is 2.65 bits per heavy atom. The van der Waals surface area contributed by atoms with Gasteiger partial charge in [0, 0.05) is 0 Å². The van der Waals surface area contributed by atoms with E-state index in [-0.39, 0.29) is 12.5 Å². The third-order valence-corrected chi connectivity index (χ3v) is 2.48. The Labute approximate surface area is 101 Å². The Hall–Kier alpha value is -2.02. The van der Waals surface area contributed by atoms with Crippen molar-refractivity contribution < 1.29 is 9.53 Å². The molecule has 0 aliphatic heterocycles. The van der Waals surface area contributed by atoms with Gasteiger partial charge >= 0.3 is 0 Å². The number of para-hydroxylation sites is 1. The number of ether oxygens (including phenoxy) is 1. The Balaban J connectivity index is 2.44. The third-order valence-electron chi connectivity index (χ3n) is 2.48. The second kappa shape index (κ2) is 5.90. The van der Waals surface area contributed by atoms with E-state index in [1.165, 1.54) is 0 Å². The number of nitrogens with zero attached hydrogens (tertiary/aromatic N) is 1. The summed E-state index contributed by atoms with van der Waals surface area (Å²) in [5.41, 5.74) is -0.822. The van der Waals surface area contributed by atoms with Crippen molar-refractivity contribution in [2.75, 3.05) is 6.61 Å². The summed E-state index contributed by atoms with van der Waals surface area (Å²) >= 11 is 0. The van der Waals surface area contributed by atoms with E-state index in [1.807, 2.05) is 25.1 Å². The van der Waals surface area contributed by atoms with E-state index in [0.717, 1.165) is 0 Å². The van der Waals surface area contributed by atoms with E-state index in [9.17, 15) is 4.79 Å². The fraction of sp³-hybridized carbons (Fsp3) is 0.385. The van der Waals surface area contributed by atoms with Gasteiger partial charge in [-0.1, -0.05) is 25.1 Å². The summed E-state index contributed by atoms with van der Waals surface area (Å²) in [5.74, 6) is 0.345. The molecule has 4 heteroatoms. The summed E-state index contributed by atoms with van der Waals surface area (Å²) in [6.45, 7) is 3.45. The van der Waals surface area contributed by atoms with E-state index in [1.54, 1.807) is 19.1 Å². The highest BCUT2D eigenvalue weighted by Crippen LogP contribution is 2.09. The van der Waals surface area contributed by atoms with Gasteiger partial charge in [0.1, 0.15) is 11.3 Å². The number of amides is 1. The number of hydrogen-bond acceptors (Lipinski definition) is 3. The SMILES string of the molecule is CC[C@@](C)(C#N)NC(=O)COc1ccccc1. The summed E-state index contributed by atoms with van der Waals surface area (Å²) in [5, 5.41) is 11.6. The minimum Gasteiger partial charge on any atom is -0.484 e. The van der Waals surface area contributed by atoms with Crippen LogP contribution < -0.4 is 10.1 Å². The van der Waals surface area contributed by atoms with E-state index in [0.29, 0.717) is 12.2 Å². The van der Waals surface area contributed by atoms with Gasteiger partial charge in [-0.15, -0.1) is 0 Å². The van der Waals surface area contributed by atoms with Gasteiger partial charge in [-0.3, -0.25) is 4.79 Å². The van der Waals surface area contributed by atoms with E-state index in [4.69, 9.17) is 10.00 Å². The lowest BCUT2D eigenvalue weighted by Gasteiger charge is -2.21. The van der Waals surface area contributed by atoms with E-state index >= 15 is 0 Å². The average Bonchev–Trinajstić information content (AvgIpc) is 2.37. The normalized spacial score (nSPS) is 13.2. The van der Waals surface area contributed by atoms with Crippen LogP contribution in [0.2, 0.25) is 0 Å². The summed E-state index contributed by atoms with van der Waals surface area (Å²) < 4.78 is 5.28. The maximum atomic E-state index is 11.6. The van der Waals surface area contributed by atoms with Crippen molar-refractivity contribution in [3.8, 4) is 11.8 Å². The number of carbonyl (C=O) groups is 1. The third kappa shape index (κ3) is 4.15. The van der Waals surface area contributed by atoms with Crippen LogP contribution in [0.5, 0.6) is 5.75 Å². The molecule has 0 radical (unpaired) electrons. The van der Waals surface area contributed by atoms with Crippen LogP contribution in [0.25, 0.3) is 0 Å². The molecule has 0 aliphatic carbocycles. The first-order valence-electron chi connectivity index (χ1n) is 5.50. The molecule has 0 saturated heterocycles. The number of nitriles is 1. The summed E-state index contributed by atoms with van der Waals surface area (Å²) in [6, 6.07) is 11.2. The summed E-state index contributed by atoms with van der Waals surface area (Å²) in [6.07, 6.45) is 0.556. The highest BCUT2D eigenvalue weighted by Gasteiger charge is 2.23. The van der Waals surface area contributed by atoms with Crippen molar-refractivity contribution in [3.63, 3.8) is 0 Å². The van der Waals surface area contributed by atoms with Crippen molar-refractivity contribution >= 4 is 5.91 Å². The zero-order valence-corrected chi connectivity index (χ0v) is 10.1. The lowest BCUT2D eigenvalue weighted by molar-refractivity contribution is -0.124. The van der Waals surface area contributed by atoms with Crippen LogP contribution in [0.15, 0.2) is 30.3 Å². The molecule has 1 amide bonds. The molecule has 1 rings (SSSR count). The van der Waals surface area contributed by atoms with Crippen LogP contribution in [-0.2, 0) is 4.79 Å². The number of benzene rings is 1. The fourth-order valence-corrected chi connectivity index (χ4v) is 1.20. The Morgan fingerprint density at radius 2 is 2.12 bits per heavy atom. The monoisotopic (exact) mass is 232 g/mol. The van der Waals surface area contributed by atoms with E-state index < -0.39 is 5.54 Å². The minimum atomic E-state index is -0.822. The van der Waals surface area contributed by atoms with Crippen molar-refractivity contribution in [1.82, 2.24) is 5.32 Å². The van der Waals surface area contributed by atoms with Gasteiger partial charge in [-0.2, -0.15) is 5.26 Å². The maximum Gasteiger partial charge on any atom is 0.259 e. The van der Waals surface area contributed by atoms with Gasteiger partial charge < -0.3 is 10.1 Å². The largest absolute Gasteiger partial charge is 0.484 e. The molecule has 1 aromatic carbocycles. The molecule has 1 N–H and O–H groups in total. The van der Waals surface area contributed by atoms with Gasteiger partial charge in [0.05, 0.1) is 6.07 Å². The zero-order valence-electron chi connectivity index (χ0n) is 10.1. The lowest BCUT2D eigenvalue weighted by atomic mass is 10.0. The van der Waals surface area contributed by atoms with Crippen LogP contribution in [-0.4, -0.2) is 18.1 Å². The maximum absolute atomic E-state index is 11.6. The molecule has 1 atom stereocenters. The van der Waals surface area contributed by atoms with Crippen LogP contribution in [0.3, 0.4) is 0 Å². The molecule has 0 aromatic heterocycles. The van der Waals surface area contributed by atoms with Crippen molar-refractivity contribution in [2.24, 2.45) is 0 Å². The first-order valence-corrected chi connectivity index (χ1v) is 5.50. The smallest absolute Gasteiger partial charge is 0.259 e. The average molecular weight is 232 g/mol. The standard InChI is InChI=1S/C13H16N2O2/c1-3-13(2,10-14)15-12(16)9-17-11-7-5-4-6-8-11/h4-8H,3,9H2,1-2H3,(H,15,16)/t13-/m0/s1. The number of nitrogens with one attached hydrogen (secondary N) is 1. The van der Waals surface area contributed by atoms with Crippen LogP contribution in [0.1, 0.15) is 20.3 Å². The Morgan fingerprint density at radius 1 is 1.47 bits per heavy atom. The predicted molar refractivity (Wildman–Crippen MR) is 64.4 cm³/mol. The van der Waals surface area contributed by atoms with Gasteiger partial charge in [0.15, 0.2) is 6.61 Å². The van der Waals surface area contributed by atoms with Crippen molar-refractivity contribution in [3.05, 3.63) is 30.3 Å². The molecule has 0 spiro atoms. The quantitative estimate of drug-likeness (QED) is 0.843. The topological polar surface area (TPSA) is 62.1 Å². The van der Waals surface area contributed by atoms with Crippen molar-refractivity contribution in [1.29, 1.82) is 5.26 Å². The van der Waals surface area contributed by atoms with Crippen LogP contribution in [0, 0.1) is 11.3 Å². The molecule has 1 aromatic rings.